The Balaban J connectivity index is 2.03. The monoisotopic (exact) mass is 252 g/mol. The second kappa shape index (κ2) is 4.05. The minimum absolute atomic E-state index is 0.280. The maximum atomic E-state index is 3.62. The van der Waals surface area contributed by atoms with Crippen LogP contribution in [0.4, 0.5) is 0 Å². The molecule has 74 valence electrons. The van der Waals surface area contributed by atoms with Crippen LogP contribution in [-0.4, -0.2) is 21.9 Å². The lowest BCUT2D eigenvalue weighted by molar-refractivity contribution is 0.263. The maximum Gasteiger partial charge on any atom is 0.158 e. The first-order valence-corrected chi connectivity index (χ1v) is 5.53. The van der Waals surface area contributed by atoms with Crippen LogP contribution in [0, 0.1) is 0 Å². The van der Waals surface area contributed by atoms with Crippen LogP contribution in [0.15, 0.2) is 42.7 Å². The summed E-state index contributed by atoms with van der Waals surface area (Å²) in [5.41, 5.74) is 1.33. The van der Waals surface area contributed by atoms with Crippen molar-refractivity contribution < 1.29 is 0 Å². The first-order chi connectivity index (χ1) is 6.77. The number of alkyl halides is 1. The SMILES string of the molecule is CN1C=CN(Cc2ccccc2)C1Br. The lowest BCUT2D eigenvalue weighted by Crippen LogP contribution is -2.30. The van der Waals surface area contributed by atoms with Crippen LogP contribution < -0.4 is 0 Å². The Hall–Kier alpha value is -0.960. The molecule has 3 heteroatoms. The molecule has 0 aliphatic carbocycles. The first kappa shape index (κ1) is 9.59. The Morgan fingerprint density at radius 1 is 1.21 bits per heavy atom. The van der Waals surface area contributed by atoms with E-state index >= 15 is 0 Å². The molecule has 0 saturated carbocycles. The molecule has 1 atom stereocenters. The van der Waals surface area contributed by atoms with Gasteiger partial charge in [0, 0.05) is 26.0 Å². The van der Waals surface area contributed by atoms with Gasteiger partial charge < -0.3 is 9.80 Å². The molecule has 2 nitrogen and oxygen atoms in total. The van der Waals surface area contributed by atoms with Crippen LogP contribution in [-0.2, 0) is 6.54 Å². The van der Waals surface area contributed by atoms with Crippen LogP contribution in [0.2, 0.25) is 0 Å². The molecule has 1 aromatic rings. The van der Waals surface area contributed by atoms with Crippen molar-refractivity contribution in [2.24, 2.45) is 0 Å². The quantitative estimate of drug-likeness (QED) is 0.590. The van der Waals surface area contributed by atoms with Gasteiger partial charge in [-0.2, -0.15) is 0 Å². The van der Waals surface area contributed by atoms with Crippen LogP contribution in [0.1, 0.15) is 5.56 Å². The number of nitrogens with zero attached hydrogens (tertiary/aromatic N) is 2. The van der Waals surface area contributed by atoms with Crippen molar-refractivity contribution in [3.8, 4) is 0 Å². The molecular formula is C11H13BrN2. The van der Waals surface area contributed by atoms with E-state index in [1.54, 1.807) is 0 Å². The van der Waals surface area contributed by atoms with Gasteiger partial charge in [-0.3, -0.25) is 0 Å². The third-order valence-electron chi connectivity index (χ3n) is 2.31. The summed E-state index contributed by atoms with van der Waals surface area (Å²) in [4.78, 5) is 4.37. The summed E-state index contributed by atoms with van der Waals surface area (Å²) in [6, 6.07) is 10.5. The molecule has 0 fully saturated rings. The van der Waals surface area contributed by atoms with Gasteiger partial charge in [0.25, 0.3) is 0 Å². The lowest BCUT2D eigenvalue weighted by Gasteiger charge is -2.25. The maximum absolute atomic E-state index is 3.62. The van der Waals surface area contributed by atoms with Gasteiger partial charge in [0.1, 0.15) is 0 Å². The minimum atomic E-state index is 0.280. The number of benzene rings is 1. The third kappa shape index (κ3) is 1.93. The van der Waals surface area contributed by atoms with E-state index < -0.39 is 0 Å². The average Bonchev–Trinajstić information content (AvgIpc) is 2.52. The summed E-state index contributed by atoms with van der Waals surface area (Å²) in [5.74, 6) is 0. The molecule has 1 aliphatic rings. The smallest absolute Gasteiger partial charge is 0.158 e. The van der Waals surface area contributed by atoms with Crippen molar-refractivity contribution in [2.75, 3.05) is 7.05 Å². The zero-order valence-electron chi connectivity index (χ0n) is 8.10. The zero-order chi connectivity index (χ0) is 9.97. The Morgan fingerprint density at radius 2 is 1.93 bits per heavy atom. The van der Waals surface area contributed by atoms with Crippen LogP contribution >= 0.6 is 15.9 Å². The lowest BCUT2D eigenvalue weighted by atomic mass is 10.2. The largest absolute Gasteiger partial charge is 0.350 e. The number of hydrogen-bond acceptors (Lipinski definition) is 2. The zero-order valence-corrected chi connectivity index (χ0v) is 9.68. The molecule has 1 heterocycles. The van der Waals surface area contributed by atoms with Gasteiger partial charge in [0.2, 0.25) is 0 Å². The Bertz CT molecular complexity index is 323. The summed E-state index contributed by atoms with van der Waals surface area (Å²) in [5, 5.41) is 0.280. The van der Waals surface area contributed by atoms with E-state index in [9.17, 15) is 0 Å². The molecule has 0 N–H and O–H groups in total. The van der Waals surface area contributed by atoms with Crippen LogP contribution in [0.25, 0.3) is 0 Å². The molecule has 0 amide bonds. The van der Waals surface area contributed by atoms with Crippen molar-refractivity contribution in [1.29, 1.82) is 0 Å². The first-order valence-electron chi connectivity index (χ1n) is 4.61. The topological polar surface area (TPSA) is 6.48 Å². The summed E-state index contributed by atoms with van der Waals surface area (Å²) >= 11 is 3.62. The molecule has 0 bridgehead atoms. The van der Waals surface area contributed by atoms with E-state index in [0.717, 1.165) is 6.54 Å². The normalized spacial score (nSPS) is 20.6. The van der Waals surface area contributed by atoms with Gasteiger partial charge in [-0.05, 0) is 21.5 Å². The summed E-state index contributed by atoms with van der Waals surface area (Å²) in [6.45, 7) is 0.942. The van der Waals surface area contributed by atoms with Gasteiger partial charge in [-0.15, -0.1) is 0 Å². The Kier molecular flexibility index (Phi) is 2.77. The highest BCUT2D eigenvalue weighted by Gasteiger charge is 2.19. The summed E-state index contributed by atoms with van der Waals surface area (Å²) in [7, 11) is 2.06. The molecule has 0 aromatic heterocycles. The molecular weight excluding hydrogens is 240 g/mol. The van der Waals surface area contributed by atoms with E-state index in [1.807, 2.05) is 6.07 Å². The number of halogens is 1. The predicted molar refractivity (Wildman–Crippen MR) is 61.6 cm³/mol. The fourth-order valence-electron chi connectivity index (χ4n) is 1.49. The second-order valence-electron chi connectivity index (χ2n) is 3.43. The molecule has 1 aromatic carbocycles. The Labute approximate surface area is 92.9 Å². The molecule has 14 heavy (non-hydrogen) atoms. The van der Waals surface area contributed by atoms with Gasteiger partial charge in [-0.1, -0.05) is 30.3 Å². The predicted octanol–water partition coefficient (Wildman–Crippen LogP) is 2.58. The van der Waals surface area contributed by atoms with Crippen molar-refractivity contribution in [2.45, 2.75) is 11.6 Å². The van der Waals surface area contributed by atoms with E-state index in [4.69, 9.17) is 0 Å². The second-order valence-corrected chi connectivity index (χ2v) is 4.25. The van der Waals surface area contributed by atoms with E-state index in [-0.39, 0.29) is 5.08 Å². The summed E-state index contributed by atoms with van der Waals surface area (Å²) in [6.07, 6.45) is 4.18. The third-order valence-corrected chi connectivity index (χ3v) is 3.48. The van der Waals surface area contributed by atoms with E-state index in [2.05, 4.69) is 69.4 Å². The highest BCUT2D eigenvalue weighted by Crippen LogP contribution is 2.21. The van der Waals surface area contributed by atoms with E-state index in [0.29, 0.717) is 0 Å². The molecule has 2 rings (SSSR count). The molecule has 1 aliphatic heterocycles. The van der Waals surface area contributed by atoms with Crippen LogP contribution in [0.3, 0.4) is 0 Å². The molecule has 1 unspecified atom stereocenters. The highest BCUT2D eigenvalue weighted by molar-refractivity contribution is 9.09. The Morgan fingerprint density at radius 3 is 2.50 bits per heavy atom. The van der Waals surface area contributed by atoms with Gasteiger partial charge >= 0.3 is 0 Å². The molecule has 0 spiro atoms. The van der Waals surface area contributed by atoms with Gasteiger partial charge in [0.05, 0.1) is 0 Å². The number of rotatable bonds is 2. The van der Waals surface area contributed by atoms with Crippen LogP contribution in [0.5, 0.6) is 0 Å². The minimum Gasteiger partial charge on any atom is -0.350 e. The van der Waals surface area contributed by atoms with Crippen molar-refractivity contribution in [3.05, 3.63) is 48.3 Å². The fraction of sp³-hybridized carbons (Fsp3) is 0.273. The highest BCUT2D eigenvalue weighted by atomic mass is 79.9. The van der Waals surface area contributed by atoms with Crippen molar-refractivity contribution in [1.82, 2.24) is 9.80 Å². The van der Waals surface area contributed by atoms with E-state index in [1.165, 1.54) is 5.56 Å². The summed E-state index contributed by atoms with van der Waals surface area (Å²) < 4.78 is 0. The molecule has 0 saturated heterocycles. The fourth-order valence-corrected chi connectivity index (χ4v) is 1.91. The average molecular weight is 253 g/mol. The van der Waals surface area contributed by atoms with Gasteiger partial charge in [-0.25, -0.2) is 0 Å². The standard InChI is InChI=1S/C11H13BrN2/c1-13-7-8-14(11(13)12)9-10-5-3-2-4-6-10/h2-8,11H,9H2,1H3. The molecule has 0 radical (unpaired) electrons. The van der Waals surface area contributed by atoms with Gasteiger partial charge in [0.15, 0.2) is 5.08 Å². The number of hydrogen-bond donors (Lipinski definition) is 0. The van der Waals surface area contributed by atoms with Crippen molar-refractivity contribution in [3.63, 3.8) is 0 Å². The van der Waals surface area contributed by atoms with Crippen molar-refractivity contribution >= 4 is 15.9 Å².